The molecule has 1 amide bonds. The molecule has 1 N–H and O–H groups in total. The topological polar surface area (TPSA) is 38.3 Å². The second-order valence-electron chi connectivity index (χ2n) is 4.09. The maximum absolute atomic E-state index is 11.5. The van der Waals surface area contributed by atoms with E-state index in [0.29, 0.717) is 0 Å². The summed E-state index contributed by atoms with van der Waals surface area (Å²) in [5.41, 5.74) is 0.949. The summed E-state index contributed by atoms with van der Waals surface area (Å²) in [7, 11) is 0. The minimum absolute atomic E-state index is 0.185. The summed E-state index contributed by atoms with van der Waals surface area (Å²) in [4.78, 5) is 11.5. The first-order valence-electron chi connectivity index (χ1n) is 5.57. The van der Waals surface area contributed by atoms with Crippen molar-refractivity contribution in [3.05, 3.63) is 35.9 Å². The maximum Gasteiger partial charge on any atom is 0.408 e. The number of amides is 1. The Hall–Kier alpha value is -1.95. The van der Waals surface area contributed by atoms with E-state index in [9.17, 15) is 4.79 Å². The molecular formula is C14H17NO2. The highest BCUT2D eigenvalue weighted by atomic mass is 16.5. The number of hydrogen-bond acceptors (Lipinski definition) is 2. The third-order valence-corrected chi connectivity index (χ3v) is 2.33. The van der Waals surface area contributed by atoms with Gasteiger partial charge in [0.15, 0.2) is 0 Å². The number of benzene rings is 1. The molecule has 1 aromatic rings. The Balaban J connectivity index is 2.38. The minimum Gasteiger partial charge on any atom is -0.445 e. The van der Waals surface area contributed by atoms with Gasteiger partial charge in [-0.3, -0.25) is 0 Å². The molecule has 0 bridgehead atoms. The smallest absolute Gasteiger partial charge is 0.408 e. The summed E-state index contributed by atoms with van der Waals surface area (Å²) in [5, 5.41) is 2.64. The Labute approximate surface area is 102 Å². The number of terminal acetylenes is 1. The molecule has 0 aromatic heterocycles. The maximum atomic E-state index is 11.5. The van der Waals surface area contributed by atoms with Gasteiger partial charge in [0.1, 0.15) is 6.61 Å². The largest absolute Gasteiger partial charge is 0.445 e. The quantitative estimate of drug-likeness (QED) is 0.809. The first kappa shape index (κ1) is 13.1. The Kier molecular flexibility index (Phi) is 5.09. The molecule has 0 aliphatic rings. The van der Waals surface area contributed by atoms with E-state index in [1.807, 2.05) is 44.2 Å². The van der Waals surface area contributed by atoms with Crippen molar-refractivity contribution in [3.63, 3.8) is 0 Å². The average Bonchev–Trinajstić information content (AvgIpc) is 2.34. The van der Waals surface area contributed by atoms with Gasteiger partial charge in [0.25, 0.3) is 0 Å². The van der Waals surface area contributed by atoms with Crippen molar-refractivity contribution < 1.29 is 9.53 Å². The van der Waals surface area contributed by atoms with Crippen LogP contribution in [0.15, 0.2) is 30.3 Å². The van der Waals surface area contributed by atoms with Gasteiger partial charge in [-0.25, -0.2) is 4.79 Å². The first-order valence-corrected chi connectivity index (χ1v) is 5.57. The normalized spacial score (nSPS) is 11.6. The van der Waals surface area contributed by atoms with E-state index in [1.54, 1.807) is 0 Å². The summed E-state index contributed by atoms with van der Waals surface area (Å²) < 4.78 is 5.06. The Morgan fingerprint density at radius 2 is 2.06 bits per heavy atom. The van der Waals surface area contributed by atoms with E-state index in [-0.39, 0.29) is 18.6 Å². The zero-order valence-corrected chi connectivity index (χ0v) is 10.1. The van der Waals surface area contributed by atoms with Gasteiger partial charge in [0.2, 0.25) is 0 Å². The van der Waals surface area contributed by atoms with Crippen LogP contribution < -0.4 is 5.32 Å². The summed E-state index contributed by atoms with van der Waals surface area (Å²) >= 11 is 0. The van der Waals surface area contributed by atoms with E-state index in [2.05, 4.69) is 11.2 Å². The zero-order chi connectivity index (χ0) is 12.7. The number of alkyl carbamates (subject to hydrolysis) is 1. The lowest BCUT2D eigenvalue weighted by Crippen LogP contribution is -2.37. The van der Waals surface area contributed by atoms with Crippen molar-refractivity contribution in [2.45, 2.75) is 26.5 Å². The summed E-state index contributed by atoms with van der Waals surface area (Å²) in [5.74, 6) is 2.70. The SMILES string of the molecule is C#C[C@@H](NC(=O)OCc1ccccc1)C(C)C. The highest BCUT2D eigenvalue weighted by Gasteiger charge is 2.13. The van der Waals surface area contributed by atoms with Crippen LogP contribution in [0.1, 0.15) is 19.4 Å². The third kappa shape index (κ3) is 4.60. The fraction of sp³-hybridized carbons (Fsp3) is 0.357. The number of carbonyl (C=O) groups excluding carboxylic acids is 1. The van der Waals surface area contributed by atoms with Crippen LogP contribution in [-0.2, 0) is 11.3 Å². The highest BCUT2D eigenvalue weighted by molar-refractivity contribution is 5.68. The van der Waals surface area contributed by atoms with Gasteiger partial charge >= 0.3 is 6.09 Å². The molecule has 0 saturated carbocycles. The lowest BCUT2D eigenvalue weighted by Gasteiger charge is -2.16. The van der Waals surface area contributed by atoms with Crippen LogP contribution in [0, 0.1) is 18.3 Å². The van der Waals surface area contributed by atoms with Gasteiger partial charge in [-0.2, -0.15) is 0 Å². The number of ether oxygens (including phenoxy) is 1. The molecule has 1 aromatic carbocycles. The summed E-state index contributed by atoms with van der Waals surface area (Å²) in [6.45, 7) is 4.14. The molecule has 0 aliphatic heterocycles. The summed E-state index contributed by atoms with van der Waals surface area (Å²) in [6.07, 6.45) is 4.83. The highest BCUT2D eigenvalue weighted by Crippen LogP contribution is 2.03. The van der Waals surface area contributed by atoms with E-state index in [0.717, 1.165) is 5.56 Å². The lowest BCUT2D eigenvalue weighted by atomic mass is 10.1. The standard InChI is InChI=1S/C14H17NO2/c1-4-13(11(2)3)15-14(16)17-10-12-8-6-5-7-9-12/h1,5-9,11,13H,10H2,2-3H3,(H,15,16)/t13-/m1/s1. The van der Waals surface area contributed by atoms with Crippen LogP contribution >= 0.6 is 0 Å². The van der Waals surface area contributed by atoms with Gasteiger partial charge in [-0.05, 0) is 11.5 Å². The lowest BCUT2D eigenvalue weighted by molar-refractivity contribution is 0.136. The molecule has 0 saturated heterocycles. The summed E-state index contributed by atoms with van der Waals surface area (Å²) in [6, 6.07) is 9.21. The molecule has 0 radical (unpaired) electrons. The van der Waals surface area contributed by atoms with Gasteiger partial charge in [0, 0.05) is 0 Å². The van der Waals surface area contributed by atoms with Crippen molar-refractivity contribution in [2.24, 2.45) is 5.92 Å². The molecule has 17 heavy (non-hydrogen) atoms. The van der Waals surface area contributed by atoms with E-state index < -0.39 is 6.09 Å². The van der Waals surface area contributed by atoms with Crippen molar-refractivity contribution in [1.82, 2.24) is 5.32 Å². The first-order chi connectivity index (χ1) is 8.13. The van der Waals surface area contributed by atoms with E-state index in [4.69, 9.17) is 11.2 Å². The number of hydrogen-bond donors (Lipinski definition) is 1. The van der Waals surface area contributed by atoms with Gasteiger partial charge < -0.3 is 10.1 Å². The van der Waals surface area contributed by atoms with Crippen LogP contribution in [0.3, 0.4) is 0 Å². The third-order valence-electron chi connectivity index (χ3n) is 2.33. The zero-order valence-electron chi connectivity index (χ0n) is 10.1. The second kappa shape index (κ2) is 6.59. The fourth-order valence-electron chi connectivity index (χ4n) is 1.29. The van der Waals surface area contributed by atoms with Gasteiger partial charge in [0.05, 0.1) is 6.04 Å². The molecule has 3 heteroatoms. The van der Waals surface area contributed by atoms with Crippen LogP contribution in [0.25, 0.3) is 0 Å². The molecular weight excluding hydrogens is 214 g/mol. The Bertz CT molecular complexity index is 392. The molecule has 0 fully saturated rings. The second-order valence-corrected chi connectivity index (χ2v) is 4.09. The fourth-order valence-corrected chi connectivity index (χ4v) is 1.29. The van der Waals surface area contributed by atoms with E-state index >= 15 is 0 Å². The molecule has 90 valence electrons. The van der Waals surface area contributed by atoms with Crippen LogP contribution in [0.2, 0.25) is 0 Å². The molecule has 1 rings (SSSR count). The predicted octanol–water partition coefficient (Wildman–Crippen LogP) is 2.57. The number of rotatable bonds is 4. The Morgan fingerprint density at radius 3 is 2.59 bits per heavy atom. The average molecular weight is 231 g/mol. The van der Waals surface area contributed by atoms with Crippen molar-refractivity contribution >= 4 is 6.09 Å². The van der Waals surface area contributed by atoms with Crippen LogP contribution in [0.4, 0.5) is 4.79 Å². The minimum atomic E-state index is -0.481. The molecule has 1 atom stereocenters. The van der Waals surface area contributed by atoms with Gasteiger partial charge in [-0.15, -0.1) is 6.42 Å². The van der Waals surface area contributed by atoms with Crippen molar-refractivity contribution in [3.8, 4) is 12.3 Å². The monoisotopic (exact) mass is 231 g/mol. The van der Waals surface area contributed by atoms with Gasteiger partial charge in [-0.1, -0.05) is 50.1 Å². The Morgan fingerprint density at radius 1 is 1.41 bits per heavy atom. The molecule has 0 unspecified atom stereocenters. The van der Waals surface area contributed by atoms with E-state index in [1.165, 1.54) is 0 Å². The van der Waals surface area contributed by atoms with Crippen molar-refractivity contribution in [2.75, 3.05) is 0 Å². The van der Waals surface area contributed by atoms with Crippen LogP contribution in [-0.4, -0.2) is 12.1 Å². The molecule has 0 aliphatic carbocycles. The predicted molar refractivity (Wildman–Crippen MR) is 67.2 cm³/mol. The molecule has 3 nitrogen and oxygen atoms in total. The van der Waals surface area contributed by atoms with Crippen LogP contribution in [0.5, 0.6) is 0 Å². The van der Waals surface area contributed by atoms with Crippen molar-refractivity contribution in [1.29, 1.82) is 0 Å². The molecule has 0 spiro atoms. The number of nitrogens with one attached hydrogen (secondary N) is 1. The number of carbonyl (C=O) groups is 1. The molecule has 0 heterocycles.